The first-order valence-electron chi connectivity index (χ1n) is 11.8. The topological polar surface area (TPSA) is 91.1 Å². The fourth-order valence-corrected chi connectivity index (χ4v) is 4.75. The average molecular weight is 458 g/mol. The summed E-state index contributed by atoms with van der Waals surface area (Å²) in [7, 11) is 1.90. The van der Waals surface area contributed by atoms with Gasteiger partial charge < -0.3 is 19.6 Å². The molecule has 0 bridgehead atoms. The number of benzene rings is 1. The lowest BCUT2D eigenvalue weighted by Crippen LogP contribution is -2.51. The SMILES string of the molecule is Cn1nc(N2CCC(CN3CCN(C(=O)OC(C)(C)C)CC3)CC2)c2cc(C(=O)O)ccc21. The zero-order valence-electron chi connectivity index (χ0n) is 20.1. The van der Waals surface area contributed by atoms with Gasteiger partial charge in [0, 0.05) is 58.2 Å². The fraction of sp³-hybridized carbons (Fsp3) is 0.625. The number of aromatic carboxylic acids is 1. The molecule has 33 heavy (non-hydrogen) atoms. The normalized spacial score (nSPS) is 18.7. The van der Waals surface area contributed by atoms with Gasteiger partial charge in [-0.05, 0) is 57.7 Å². The van der Waals surface area contributed by atoms with Crippen LogP contribution in [0.4, 0.5) is 10.6 Å². The smallest absolute Gasteiger partial charge is 0.410 e. The second kappa shape index (κ2) is 9.21. The van der Waals surface area contributed by atoms with Gasteiger partial charge >= 0.3 is 12.1 Å². The van der Waals surface area contributed by atoms with Gasteiger partial charge in [-0.1, -0.05) is 0 Å². The Labute approximate surface area is 194 Å². The summed E-state index contributed by atoms with van der Waals surface area (Å²) in [5.41, 5.74) is 0.771. The molecule has 2 aromatic rings. The van der Waals surface area contributed by atoms with Crippen molar-refractivity contribution in [3.63, 3.8) is 0 Å². The van der Waals surface area contributed by atoms with Crippen molar-refractivity contribution in [1.82, 2.24) is 19.6 Å². The number of aryl methyl sites for hydroxylation is 1. The fourth-order valence-electron chi connectivity index (χ4n) is 4.75. The number of carbonyl (C=O) groups is 2. The van der Waals surface area contributed by atoms with Gasteiger partial charge in [-0.2, -0.15) is 5.10 Å². The molecule has 1 N–H and O–H groups in total. The highest BCUT2D eigenvalue weighted by Crippen LogP contribution is 2.30. The molecular formula is C24H35N5O4. The van der Waals surface area contributed by atoms with E-state index in [1.54, 1.807) is 12.1 Å². The quantitative estimate of drug-likeness (QED) is 0.755. The molecule has 2 aliphatic heterocycles. The van der Waals surface area contributed by atoms with E-state index in [-0.39, 0.29) is 11.7 Å². The molecule has 2 aliphatic rings. The predicted octanol–water partition coefficient (Wildman–Crippen LogP) is 3.04. The van der Waals surface area contributed by atoms with Crippen LogP contribution in [0.5, 0.6) is 0 Å². The monoisotopic (exact) mass is 457 g/mol. The Hall–Kier alpha value is -2.81. The number of hydrogen-bond donors (Lipinski definition) is 1. The molecule has 180 valence electrons. The number of rotatable bonds is 4. The Bertz CT molecular complexity index is 1010. The number of hydrogen-bond acceptors (Lipinski definition) is 6. The first kappa shape index (κ1) is 23.4. The van der Waals surface area contributed by atoms with E-state index in [9.17, 15) is 14.7 Å². The van der Waals surface area contributed by atoms with Gasteiger partial charge in [0.25, 0.3) is 0 Å². The minimum Gasteiger partial charge on any atom is -0.478 e. The number of carboxylic acid groups (broad SMARTS) is 1. The first-order valence-corrected chi connectivity index (χ1v) is 11.8. The van der Waals surface area contributed by atoms with Crippen molar-refractivity contribution in [3.8, 4) is 0 Å². The van der Waals surface area contributed by atoms with Crippen molar-refractivity contribution < 1.29 is 19.4 Å². The van der Waals surface area contributed by atoms with E-state index in [1.165, 1.54) is 0 Å². The van der Waals surface area contributed by atoms with Crippen LogP contribution in [0.15, 0.2) is 18.2 Å². The average Bonchev–Trinajstić information content (AvgIpc) is 3.09. The lowest BCUT2D eigenvalue weighted by atomic mass is 9.95. The maximum absolute atomic E-state index is 12.3. The van der Waals surface area contributed by atoms with E-state index in [2.05, 4.69) is 9.80 Å². The second-order valence-electron chi connectivity index (χ2n) is 10.2. The molecule has 9 heteroatoms. The van der Waals surface area contributed by atoms with Crippen molar-refractivity contribution in [2.24, 2.45) is 13.0 Å². The Morgan fingerprint density at radius 3 is 2.36 bits per heavy atom. The summed E-state index contributed by atoms with van der Waals surface area (Å²) in [4.78, 5) is 30.2. The van der Waals surface area contributed by atoms with Crippen LogP contribution in [0.25, 0.3) is 10.9 Å². The van der Waals surface area contributed by atoms with Crippen LogP contribution in [0.3, 0.4) is 0 Å². The van der Waals surface area contributed by atoms with Crippen molar-refractivity contribution in [2.75, 3.05) is 50.7 Å². The number of piperidine rings is 1. The van der Waals surface area contributed by atoms with Gasteiger partial charge in [-0.25, -0.2) is 9.59 Å². The number of aromatic nitrogens is 2. The third-order valence-corrected chi connectivity index (χ3v) is 6.53. The molecule has 1 aromatic heterocycles. The van der Waals surface area contributed by atoms with Crippen molar-refractivity contribution in [3.05, 3.63) is 23.8 Å². The zero-order chi connectivity index (χ0) is 23.8. The Kier molecular flexibility index (Phi) is 6.52. The summed E-state index contributed by atoms with van der Waals surface area (Å²) in [6.45, 7) is 11.7. The standard InChI is InChI=1S/C24H35N5O4/c1-24(2,3)33-23(32)29-13-11-27(12-14-29)16-17-7-9-28(10-8-17)21-19-15-18(22(30)31)5-6-20(19)26(4)25-21/h5-6,15,17H,7-14,16H2,1-4H3,(H,30,31). The summed E-state index contributed by atoms with van der Waals surface area (Å²) in [6, 6.07) is 5.19. The van der Waals surface area contributed by atoms with Crippen molar-refractivity contribution in [1.29, 1.82) is 0 Å². The molecule has 0 spiro atoms. The van der Waals surface area contributed by atoms with E-state index in [4.69, 9.17) is 9.84 Å². The van der Waals surface area contributed by atoms with E-state index < -0.39 is 11.6 Å². The molecule has 9 nitrogen and oxygen atoms in total. The van der Waals surface area contributed by atoms with Gasteiger partial charge in [0.2, 0.25) is 0 Å². The first-order chi connectivity index (χ1) is 15.6. The Balaban J connectivity index is 1.30. The van der Waals surface area contributed by atoms with E-state index in [0.29, 0.717) is 19.0 Å². The van der Waals surface area contributed by atoms with Crippen LogP contribution in [0, 0.1) is 5.92 Å². The van der Waals surface area contributed by atoms with Crippen LogP contribution in [0.2, 0.25) is 0 Å². The number of amides is 1. The van der Waals surface area contributed by atoms with Gasteiger partial charge in [0.1, 0.15) is 5.60 Å². The molecule has 0 aliphatic carbocycles. The summed E-state index contributed by atoms with van der Waals surface area (Å²) in [5.74, 6) is 0.566. The summed E-state index contributed by atoms with van der Waals surface area (Å²) >= 11 is 0. The maximum Gasteiger partial charge on any atom is 0.410 e. The van der Waals surface area contributed by atoms with Crippen LogP contribution in [0.1, 0.15) is 44.0 Å². The van der Waals surface area contributed by atoms with Crippen molar-refractivity contribution in [2.45, 2.75) is 39.2 Å². The summed E-state index contributed by atoms with van der Waals surface area (Å²) in [5, 5.41) is 15.0. The molecule has 0 atom stereocenters. The Morgan fingerprint density at radius 2 is 1.76 bits per heavy atom. The molecular weight excluding hydrogens is 422 g/mol. The summed E-state index contributed by atoms with van der Waals surface area (Å²) in [6.07, 6.45) is 1.93. The van der Waals surface area contributed by atoms with Crippen LogP contribution in [-0.2, 0) is 11.8 Å². The van der Waals surface area contributed by atoms with E-state index >= 15 is 0 Å². The van der Waals surface area contributed by atoms with E-state index in [1.807, 2.05) is 43.5 Å². The second-order valence-corrected chi connectivity index (χ2v) is 10.2. The third-order valence-electron chi connectivity index (χ3n) is 6.53. The predicted molar refractivity (Wildman–Crippen MR) is 127 cm³/mol. The molecule has 4 rings (SSSR count). The maximum atomic E-state index is 12.3. The molecule has 1 aromatic carbocycles. The van der Waals surface area contributed by atoms with Crippen LogP contribution < -0.4 is 4.90 Å². The van der Waals surface area contributed by atoms with Crippen LogP contribution >= 0.6 is 0 Å². The minimum atomic E-state index is -0.919. The summed E-state index contributed by atoms with van der Waals surface area (Å²) < 4.78 is 7.32. The van der Waals surface area contributed by atoms with Gasteiger partial charge in [0.05, 0.1) is 11.1 Å². The zero-order valence-corrected chi connectivity index (χ0v) is 20.1. The number of ether oxygens (including phenoxy) is 1. The molecule has 3 heterocycles. The molecule has 0 saturated carbocycles. The molecule has 2 saturated heterocycles. The lowest BCUT2D eigenvalue weighted by Gasteiger charge is -2.39. The van der Waals surface area contributed by atoms with Gasteiger partial charge in [-0.3, -0.25) is 9.58 Å². The Morgan fingerprint density at radius 1 is 1.09 bits per heavy atom. The van der Waals surface area contributed by atoms with Crippen molar-refractivity contribution >= 4 is 28.8 Å². The largest absolute Gasteiger partial charge is 0.478 e. The molecule has 1 amide bonds. The lowest BCUT2D eigenvalue weighted by molar-refractivity contribution is 0.0130. The molecule has 2 fully saturated rings. The number of piperazine rings is 1. The van der Waals surface area contributed by atoms with Gasteiger partial charge in [-0.15, -0.1) is 0 Å². The van der Waals surface area contributed by atoms with Crippen LogP contribution in [-0.4, -0.2) is 88.2 Å². The number of nitrogens with zero attached hydrogens (tertiary/aromatic N) is 5. The number of fused-ring (bicyclic) bond motifs is 1. The number of carbonyl (C=O) groups excluding carboxylic acids is 1. The number of carboxylic acids is 1. The highest BCUT2D eigenvalue weighted by Gasteiger charge is 2.29. The van der Waals surface area contributed by atoms with Gasteiger partial charge in [0.15, 0.2) is 5.82 Å². The number of anilines is 1. The minimum absolute atomic E-state index is 0.218. The third kappa shape index (κ3) is 5.40. The highest BCUT2D eigenvalue weighted by molar-refractivity contribution is 5.98. The van der Waals surface area contributed by atoms with E-state index in [0.717, 1.165) is 62.3 Å². The highest BCUT2D eigenvalue weighted by atomic mass is 16.6. The molecule has 0 radical (unpaired) electrons. The molecule has 0 unspecified atom stereocenters.